The quantitative estimate of drug-likeness (QED) is 0.196. The summed E-state index contributed by atoms with van der Waals surface area (Å²) in [5.74, 6) is 0.491. The van der Waals surface area contributed by atoms with E-state index >= 15 is 0 Å². The number of hydrogen-bond donors (Lipinski definition) is 0. The van der Waals surface area contributed by atoms with Crippen molar-refractivity contribution in [1.82, 2.24) is 0 Å². The third-order valence-electron chi connectivity index (χ3n) is 5.54. The Labute approximate surface area is 248 Å². The summed E-state index contributed by atoms with van der Waals surface area (Å²) in [7, 11) is 0. The molecule has 0 spiro atoms. The first-order valence-corrected chi connectivity index (χ1v) is 14.1. The van der Waals surface area contributed by atoms with Crippen molar-refractivity contribution in [1.29, 1.82) is 0 Å². The van der Waals surface area contributed by atoms with E-state index in [1.165, 1.54) is 11.8 Å². The van der Waals surface area contributed by atoms with E-state index in [4.69, 9.17) is 44.5 Å². The summed E-state index contributed by atoms with van der Waals surface area (Å²) in [6.07, 6.45) is 1.84. The van der Waals surface area contributed by atoms with Crippen LogP contribution in [-0.2, 0) is 11.4 Å². The van der Waals surface area contributed by atoms with Gasteiger partial charge in [0.25, 0.3) is 5.91 Å². The Morgan fingerprint density at radius 2 is 1.58 bits per heavy atom. The van der Waals surface area contributed by atoms with Gasteiger partial charge in [0.2, 0.25) is 0 Å². The topological polar surface area (TPSA) is 41.9 Å². The Morgan fingerprint density at radius 3 is 2.26 bits per heavy atom. The van der Waals surface area contributed by atoms with Gasteiger partial charge in [0.15, 0.2) is 5.17 Å². The second kappa shape index (κ2) is 12.0. The summed E-state index contributed by atoms with van der Waals surface area (Å²) < 4.78 is 6.72. The lowest BCUT2D eigenvalue weighted by Crippen LogP contribution is -2.28. The molecule has 1 heterocycles. The second-order valence-electron chi connectivity index (χ2n) is 8.17. The SMILES string of the molecule is O=C1/C(=C/c2ccc(OCc3ccccc3Cl)c(Br)c2)SC(=Nc2ccc(Cl)cc2)N1c1ccc(Cl)cc1. The van der Waals surface area contributed by atoms with E-state index in [0.717, 1.165) is 15.6 Å². The third-order valence-corrected chi connectivity index (χ3v) is 8.00. The average Bonchev–Trinajstić information content (AvgIpc) is 3.20. The van der Waals surface area contributed by atoms with Crippen molar-refractivity contribution in [3.63, 3.8) is 0 Å². The van der Waals surface area contributed by atoms with Crippen LogP contribution in [-0.4, -0.2) is 11.1 Å². The zero-order valence-corrected chi connectivity index (χ0v) is 24.2. The van der Waals surface area contributed by atoms with E-state index in [9.17, 15) is 4.79 Å². The molecule has 1 amide bonds. The van der Waals surface area contributed by atoms with Crippen LogP contribution in [0.2, 0.25) is 15.1 Å². The number of benzene rings is 4. The summed E-state index contributed by atoms with van der Waals surface area (Å²) in [6, 6.07) is 27.4. The van der Waals surface area contributed by atoms with Crippen LogP contribution >= 0.6 is 62.5 Å². The molecule has 0 bridgehead atoms. The number of amides is 1. The molecule has 1 fully saturated rings. The van der Waals surface area contributed by atoms with Gasteiger partial charge in [0.1, 0.15) is 12.4 Å². The number of thioether (sulfide) groups is 1. The highest BCUT2D eigenvalue weighted by molar-refractivity contribution is 9.10. The van der Waals surface area contributed by atoms with Crippen LogP contribution < -0.4 is 9.64 Å². The number of carbonyl (C=O) groups is 1. The Balaban J connectivity index is 1.42. The number of ether oxygens (including phenoxy) is 1. The fourth-order valence-corrected chi connectivity index (χ4v) is 5.59. The number of rotatable bonds is 6. The van der Waals surface area contributed by atoms with Crippen molar-refractivity contribution in [2.24, 2.45) is 4.99 Å². The number of carbonyl (C=O) groups excluding carboxylic acids is 1. The molecule has 0 saturated carbocycles. The Hall–Kier alpha value is -2.74. The van der Waals surface area contributed by atoms with E-state index in [1.54, 1.807) is 53.4 Å². The van der Waals surface area contributed by atoms with Crippen molar-refractivity contribution in [3.05, 3.63) is 127 Å². The van der Waals surface area contributed by atoms with Crippen LogP contribution in [0.15, 0.2) is 105 Å². The van der Waals surface area contributed by atoms with Crippen LogP contribution in [0, 0.1) is 0 Å². The summed E-state index contributed by atoms with van der Waals surface area (Å²) >= 11 is 23.2. The monoisotopic (exact) mass is 642 g/mol. The summed E-state index contributed by atoms with van der Waals surface area (Å²) in [5, 5.41) is 2.39. The lowest BCUT2D eigenvalue weighted by Gasteiger charge is -2.15. The lowest BCUT2D eigenvalue weighted by molar-refractivity contribution is -0.113. The number of aliphatic imine (C=N–C) groups is 1. The van der Waals surface area contributed by atoms with Gasteiger partial charge in [-0.3, -0.25) is 9.69 Å². The maximum absolute atomic E-state index is 13.5. The van der Waals surface area contributed by atoms with E-state index in [-0.39, 0.29) is 5.91 Å². The van der Waals surface area contributed by atoms with E-state index in [2.05, 4.69) is 15.9 Å². The van der Waals surface area contributed by atoms with E-state index in [1.807, 2.05) is 48.5 Å². The molecule has 4 nitrogen and oxygen atoms in total. The molecule has 0 N–H and O–H groups in total. The van der Waals surface area contributed by atoms with Gasteiger partial charge in [-0.15, -0.1) is 0 Å². The fourth-order valence-electron chi connectivity index (χ4n) is 3.64. The Bertz CT molecular complexity index is 1560. The number of amidine groups is 1. The predicted octanol–water partition coefficient (Wildman–Crippen LogP) is 9.80. The van der Waals surface area contributed by atoms with Crippen LogP contribution in [0.4, 0.5) is 11.4 Å². The van der Waals surface area contributed by atoms with E-state index < -0.39 is 0 Å². The van der Waals surface area contributed by atoms with Crippen molar-refractivity contribution in [2.45, 2.75) is 6.61 Å². The molecule has 5 rings (SSSR count). The maximum atomic E-state index is 13.5. The fraction of sp³-hybridized carbons (Fsp3) is 0.0345. The van der Waals surface area contributed by atoms with Crippen molar-refractivity contribution in [2.75, 3.05) is 4.90 Å². The highest BCUT2D eigenvalue weighted by Crippen LogP contribution is 2.38. The van der Waals surface area contributed by atoms with E-state index in [0.29, 0.717) is 48.9 Å². The molecular formula is C29H18BrCl3N2O2S. The minimum absolute atomic E-state index is 0.180. The van der Waals surface area contributed by atoms with Gasteiger partial charge in [-0.25, -0.2) is 4.99 Å². The zero-order valence-electron chi connectivity index (χ0n) is 19.6. The highest BCUT2D eigenvalue weighted by atomic mass is 79.9. The largest absolute Gasteiger partial charge is 0.488 e. The third kappa shape index (κ3) is 6.28. The molecular weight excluding hydrogens is 627 g/mol. The highest BCUT2D eigenvalue weighted by Gasteiger charge is 2.34. The number of hydrogen-bond acceptors (Lipinski definition) is 4. The van der Waals surface area contributed by atoms with Crippen LogP contribution in [0.5, 0.6) is 5.75 Å². The Morgan fingerprint density at radius 1 is 0.895 bits per heavy atom. The molecule has 1 aliphatic heterocycles. The molecule has 1 saturated heterocycles. The summed E-state index contributed by atoms with van der Waals surface area (Å²) in [6.45, 7) is 0.341. The molecule has 38 heavy (non-hydrogen) atoms. The standard InChI is InChI=1S/C29H18BrCl3N2O2S/c30-24-15-18(5-14-26(24)37-17-19-3-1-2-4-25(19)33)16-27-28(36)35(23-12-8-21(32)9-13-23)29(38-27)34-22-10-6-20(31)7-11-22/h1-16H,17H2/b27-16-,34-29?. The number of halogens is 4. The van der Waals surface area contributed by atoms with Gasteiger partial charge in [-0.1, -0.05) is 59.1 Å². The molecule has 1 aliphatic rings. The molecule has 4 aromatic rings. The molecule has 0 aromatic heterocycles. The Kier molecular flexibility index (Phi) is 8.46. The molecule has 4 aromatic carbocycles. The predicted molar refractivity (Wildman–Crippen MR) is 163 cm³/mol. The van der Waals surface area contributed by atoms with Gasteiger partial charge < -0.3 is 4.74 Å². The van der Waals surface area contributed by atoms with Crippen LogP contribution in [0.25, 0.3) is 6.08 Å². The van der Waals surface area contributed by atoms with Crippen molar-refractivity contribution < 1.29 is 9.53 Å². The first-order chi connectivity index (χ1) is 18.4. The van der Waals surface area contributed by atoms with Gasteiger partial charge in [-0.05, 0) is 106 Å². The van der Waals surface area contributed by atoms with Gasteiger partial charge in [0.05, 0.1) is 20.8 Å². The number of nitrogens with zero attached hydrogens (tertiary/aromatic N) is 2. The summed E-state index contributed by atoms with van der Waals surface area (Å²) in [5.41, 5.74) is 3.09. The number of anilines is 1. The minimum Gasteiger partial charge on any atom is -0.488 e. The second-order valence-corrected chi connectivity index (χ2v) is 11.3. The molecule has 190 valence electrons. The zero-order chi connectivity index (χ0) is 26.6. The molecule has 0 aliphatic carbocycles. The molecule has 0 unspecified atom stereocenters. The smallest absolute Gasteiger partial charge is 0.271 e. The molecule has 0 atom stereocenters. The van der Waals surface area contributed by atoms with Crippen molar-refractivity contribution >= 4 is 91.0 Å². The first-order valence-electron chi connectivity index (χ1n) is 11.4. The molecule has 9 heteroatoms. The lowest BCUT2D eigenvalue weighted by atomic mass is 10.2. The van der Waals surface area contributed by atoms with Crippen LogP contribution in [0.3, 0.4) is 0 Å². The van der Waals surface area contributed by atoms with Crippen LogP contribution in [0.1, 0.15) is 11.1 Å². The normalized spacial score (nSPS) is 15.5. The average molecular weight is 645 g/mol. The van der Waals surface area contributed by atoms with Gasteiger partial charge >= 0.3 is 0 Å². The van der Waals surface area contributed by atoms with Gasteiger partial charge in [0, 0.05) is 20.6 Å². The molecule has 0 radical (unpaired) electrons. The maximum Gasteiger partial charge on any atom is 0.271 e. The first kappa shape index (κ1) is 26.9. The minimum atomic E-state index is -0.180. The van der Waals surface area contributed by atoms with Crippen molar-refractivity contribution in [3.8, 4) is 5.75 Å². The van der Waals surface area contributed by atoms with Gasteiger partial charge in [-0.2, -0.15) is 0 Å². The summed E-state index contributed by atoms with van der Waals surface area (Å²) in [4.78, 5) is 20.4.